The summed E-state index contributed by atoms with van der Waals surface area (Å²) in [5, 5.41) is 37.2. The van der Waals surface area contributed by atoms with E-state index in [9.17, 15) is 30.0 Å². The van der Waals surface area contributed by atoms with Crippen LogP contribution in [0.2, 0.25) is 0 Å². The van der Waals surface area contributed by atoms with Crippen molar-refractivity contribution in [1.29, 1.82) is 0 Å². The maximum absolute atomic E-state index is 13.2. The van der Waals surface area contributed by atoms with E-state index >= 15 is 0 Å². The van der Waals surface area contributed by atoms with Crippen LogP contribution < -0.4 is 0 Å². The Hall–Kier alpha value is -1.38. The summed E-state index contributed by atoms with van der Waals surface area (Å²) in [6.07, 6.45) is -4.41. The van der Waals surface area contributed by atoms with Crippen LogP contribution in [0.5, 0.6) is 0 Å². The fourth-order valence-corrected chi connectivity index (χ4v) is 3.95. The molecule has 2 aliphatic rings. The van der Waals surface area contributed by atoms with Gasteiger partial charge in [-0.05, 0) is 27.7 Å². The predicted octanol–water partition coefficient (Wildman–Crippen LogP) is -2.35. The third-order valence-electron chi connectivity index (χ3n) is 5.17. The molecule has 0 saturated carbocycles. The van der Waals surface area contributed by atoms with E-state index < -0.39 is 47.8 Å². The van der Waals surface area contributed by atoms with Gasteiger partial charge in [0.05, 0.1) is 26.4 Å². The monoisotopic (exact) mass is 464 g/mol. The molecule has 2 fully saturated rings. The largest absolute Gasteiger partial charge is 0.395 e. The molecule has 2 amide bonds. The van der Waals surface area contributed by atoms with E-state index in [2.05, 4.69) is 0 Å². The molecule has 0 radical (unpaired) electrons. The predicted molar refractivity (Wildman–Crippen MR) is 109 cm³/mol. The number of aliphatic hydroxyl groups excluding tert-OH is 4. The van der Waals surface area contributed by atoms with Gasteiger partial charge in [-0.2, -0.15) is 0 Å². The Morgan fingerprint density at radius 1 is 0.625 bits per heavy atom. The van der Waals surface area contributed by atoms with Crippen LogP contribution in [0.1, 0.15) is 27.7 Å². The van der Waals surface area contributed by atoms with E-state index in [1.54, 1.807) is 27.7 Å². The third-order valence-corrected chi connectivity index (χ3v) is 5.17. The van der Waals surface area contributed by atoms with Gasteiger partial charge >= 0.3 is 0 Å². The van der Waals surface area contributed by atoms with Gasteiger partial charge < -0.3 is 49.2 Å². The van der Waals surface area contributed by atoms with Crippen LogP contribution in [0.15, 0.2) is 0 Å². The molecular weight excluding hydrogens is 428 g/mol. The SMILES string of the molecule is CC1(C)O[C@H]([C@@H]2OC(C)(C)O[C@H]2C(=O)N(CCO)CCO)[C@@H](C(=O)N(CCO)CCO)O1. The molecule has 12 heteroatoms. The maximum Gasteiger partial charge on any atom is 0.254 e. The molecule has 4 atom stereocenters. The topological polar surface area (TPSA) is 158 Å². The van der Waals surface area contributed by atoms with Gasteiger partial charge in [0.1, 0.15) is 12.2 Å². The zero-order valence-electron chi connectivity index (χ0n) is 19.1. The number of carbonyl (C=O) groups is 2. The van der Waals surface area contributed by atoms with Crippen LogP contribution in [0.4, 0.5) is 0 Å². The third kappa shape index (κ3) is 6.35. The Kier molecular flexibility index (Phi) is 9.37. The summed E-state index contributed by atoms with van der Waals surface area (Å²) in [6, 6.07) is 0. The molecule has 0 spiro atoms. The van der Waals surface area contributed by atoms with E-state index in [4.69, 9.17) is 18.9 Å². The van der Waals surface area contributed by atoms with Gasteiger partial charge in [-0.1, -0.05) is 0 Å². The first kappa shape index (κ1) is 26.9. The minimum Gasteiger partial charge on any atom is -0.395 e. The molecule has 0 aromatic carbocycles. The van der Waals surface area contributed by atoms with Crippen LogP contribution in [-0.2, 0) is 28.5 Å². The van der Waals surface area contributed by atoms with Crippen molar-refractivity contribution in [3.8, 4) is 0 Å². The van der Waals surface area contributed by atoms with Crippen molar-refractivity contribution in [2.24, 2.45) is 0 Å². The second kappa shape index (κ2) is 11.2. The normalized spacial score (nSPS) is 28.6. The van der Waals surface area contributed by atoms with Crippen LogP contribution >= 0.6 is 0 Å². The van der Waals surface area contributed by atoms with Crippen molar-refractivity contribution >= 4 is 11.8 Å². The van der Waals surface area contributed by atoms with Gasteiger partial charge in [-0.15, -0.1) is 0 Å². The van der Waals surface area contributed by atoms with E-state index in [1.807, 2.05) is 0 Å². The Balaban J connectivity index is 2.35. The van der Waals surface area contributed by atoms with Crippen molar-refractivity contribution in [2.45, 2.75) is 63.7 Å². The van der Waals surface area contributed by atoms with Crippen LogP contribution in [0, 0.1) is 0 Å². The van der Waals surface area contributed by atoms with E-state index in [0.717, 1.165) is 0 Å². The molecule has 2 rings (SSSR count). The quantitative estimate of drug-likeness (QED) is 0.261. The maximum atomic E-state index is 13.2. The Labute approximate surface area is 187 Å². The molecule has 0 aromatic heterocycles. The minimum atomic E-state index is -1.18. The highest BCUT2D eigenvalue weighted by Crippen LogP contribution is 2.39. The second-order valence-electron chi connectivity index (χ2n) is 8.59. The van der Waals surface area contributed by atoms with Crippen molar-refractivity contribution in [3.63, 3.8) is 0 Å². The first-order chi connectivity index (χ1) is 15.0. The number of hydrogen-bond acceptors (Lipinski definition) is 10. The minimum absolute atomic E-state index is 0.0109. The van der Waals surface area contributed by atoms with Crippen LogP contribution in [0.3, 0.4) is 0 Å². The number of aliphatic hydroxyl groups is 4. The summed E-state index contributed by atoms with van der Waals surface area (Å²) in [5.41, 5.74) is 0. The van der Waals surface area contributed by atoms with Crippen LogP contribution in [0.25, 0.3) is 0 Å². The highest BCUT2D eigenvalue weighted by Gasteiger charge is 2.58. The van der Waals surface area contributed by atoms with E-state index in [0.29, 0.717) is 0 Å². The molecule has 4 N–H and O–H groups in total. The van der Waals surface area contributed by atoms with Gasteiger partial charge in [0, 0.05) is 26.2 Å². The highest BCUT2D eigenvalue weighted by molar-refractivity contribution is 5.84. The Morgan fingerprint density at radius 2 is 0.906 bits per heavy atom. The van der Waals surface area contributed by atoms with Crippen molar-refractivity contribution < 1.29 is 49.0 Å². The van der Waals surface area contributed by atoms with Gasteiger partial charge in [0.25, 0.3) is 11.8 Å². The zero-order chi connectivity index (χ0) is 24.1. The number of amides is 2. The summed E-state index contributed by atoms with van der Waals surface area (Å²) >= 11 is 0. The van der Waals surface area contributed by atoms with Crippen molar-refractivity contribution in [3.05, 3.63) is 0 Å². The summed E-state index contributed by atoms with van der Waals surface area (Å²) in [7, 11) is 0. The summed E-state index contributed by atoms with van der Waals surface area (Å²) < 4.78 is 23.6. The molecular formula is C20H36N2O10. The lowest BCUT2D eigenvalue weighted by Gasteiger charge is -2.30. The first-order valence-corrected chi connectivity index (χ1v) is 10.7. The van der Waals surface area contributed by atoms with Crippen molar-refractivity contribution in [2.75, 3.05) is 52.6 Å². The molecule has 0 aliphatic carbocycles. The molecule has 186 valence electrons. The first-order valence-electron chi connectivity index (χ1n) is 10.7. The fourth-order valence-electron chi connectivity index (χ4n) is 3.95. The average molecular weight is 465 g/mol. The molecule has 0 bridgehead atoms. The fraction of sp³-hybridized carbons (Fsp3) is 0.900. The molecule has 2 saturated heterocycles. The van der Waals surface area contributed by atoms with E-state index in [1.165, 1.54) is 9.80 Å². The van der Waals surface area contributed by atoms with Gasteiger partial charge in [-0.25, -0.2) is 0 Å². The standard InChI is InChI=1S/C20H36N2O10/c1-19(2)29-13(15(31-19)17(27)21(5-9-23)6-10-24)14-16(32-20(3,4)30-14)18(28)22(7-11-25)8-12-26/h13-16,23-26H,5-12H2,1-4H3/t13-,14+,15+,16-. The summed E-state index contributed by atoms with van der Waals surface area (Å²) in [6.45, 7) is 5.23. The highest BCUT2D eigenvalue weighted by atomic mass is 16.8. The Bertz CT molecular complexity index is 578. The van der Waals surface area contributed by atoms with Gasteiger partial charge in [-0.3, -0.25) is 9.59 Å². The number of rotatable bonds is 11. The van der Waals surface area contributed by atoms with Crippen LogP contribution in [-0.4, -0.2) is 131 Å². The molecule has 12 nitrogen and oxygen atoms in total. The summed E-state index contributed by atoms with van der Waals surface area (Å²) in [5.74, 6) is -3.39. The number of carbonyl (C=O) groups excluding carboxylic acids is 2. The van der Waals surface area contributed by atoms with E-state index in [-0.39, 0.29) is 52.6 Å². The molecule has 32 heavy (non-hydrogen) atoms. The van der Waals surface area contributed by atoms with Gasteiger partial charge in [0.15, 0.2) is 23.8 Å². The zero-order valence-corrected chi connectivity index (χ0v) is 19.1. The Morgan fingerprint density at radius 3 is 1.16 bits per heavy atom. The lowest BCUT2D eigenvalue weighted by molar-refractivity contribution is -0.176. The number of ether oxygens (including phenoxy) is 4. The lowest BCUT2D eigenvalue weighted by atomic mass is 10.0. The average Bonchev–Trinajstić information content (AvgIpc) is 3.21. The molecule has 0 unspecified atom stereocenters. The smallest absolute Gasteiger partial charge is 0.254 e. The number of nitrogens with zero attached hydrogens (tertiary/aromatic N) is 2. The van der Waals surface area contributed by atoms with Gasteiger partial charge in [0.2, 0.25) is 0 Å². The summed E-state index contributed by atoms with van der Waals surface area (Å²) in [4.78, 5) is 28.9. The lowest BCUT2D eigenvalue weighted by Crippen LogP contribution is -2.54. The number of hydrogen-bond donors (Lipinski definition) is 4. The second-order valence-corrected chi connectivity index (χ2v) is 8.59. The molecule has 2 heterocycles. The van der Waals surface area contributed by atoms with Crippen molar-refractivity contribution in [1.82, 2.24) is 9.80 Å². The molecule has 2 aliphatic heterocycles. The molecule has 0 aromatic rings.